The fraction of sp³-hybridized carbons (Fsp3) is 0.562. The minimum atomic E-state index is -0.0260. The van der Waals surface area contributed by atoms with Crippen LogP contribution >= 0.6 is 0 Å². The Kier molecular flexibility index (Phi) is 4.33. The molecular weight excluding hydrogens is 250 g/mol. The van der Waals surface area contributed by atoms with Gasteiger partial charge in [0, 0.05) is 13.1 Å². The summed E-state index contributed by atoms with van der Waals surface area (Å²) >= 11 is 0. The average Bonchev–Trinajstić information content (AvgIpc) is 2.65. The summed E-state index contributed by atoms with van der Waals surface area (Å²) in [4.78, 5) is 4.69. The van der Waals surface area contributed by atoms with Crippen LogP contribution in [0.25, 0.3) is 11.0 Å². The van der Waals surface area contributed by atoms with Crippen molar-refractivity contribution in [2.45, 2.75) is 46.3 Å². The van der Waals surface area contributed by atoms with Gasteiger partial charge in [0.05, 0.1) is 23.2 Å². The molecule has 0 saturated heterocycles. The average molecular weight is 275 g/mol. The lowest BCUT2D eigenvalue weighted by atomic mass is 10.0. The summed E-state index contributed by atoms with van der Waals surface area (Å²) in [6.07, 6.45) is 1.10. The van der Waals surface area contributed by atoms with Gasteiger partial charge < -0.3 is 15.0 Å². The first-order valence-electron chi connectivity index (χ1n) is 7.27. The Morgan fingerprint density at radius 1 is 1.25 bits per heavy atom. The first kappa shape index (κ1) is 14.9. The molecule has 0 aliphatic rings. The van der Waals surface area contributed by atoms with E-state index in [9.17, 15) is 0 Å². The Balaban J connectivity index is 2.36. The van der Waals surface area contributed by atoms with Crippen LogP contribution < -0.4 is 10.5 Å². The van der Waals surface area contributed by atoms with Crippen LogP contribution in [-0.4, -0.2) is 15.7 Å². The standard InChI is InChI=1S/C16H25N3O/c1-10(2)8-13(17)16-18-14-9-12(20-11(3)4)6-7-15(14)19(16)5/h6-7,9-11,13H,8,17H2,1-5H3. The molecule has 1 aromatic heterocycles. The van der Waals surface area contributed by atoms with E-state index < -0.39 is 0 Å². The van der Waals surface area contributed by atoms with E-state index in [0.29, 0.717) is 5.92 Å². The predicted octanol–water partition coefficient (Wildman–Crippen LogP) is 3.41. The number of benzene rings is 1. The first-order valence-corrected chi connectivity index (χ1v) is 7.27. The van der Waals surface area contributed by atoms with Crippen LogP contribution in [0.1, 0.15) is 46.0 Å². The van der Waals surface area contributed by atoms with Crippen LogP contribution in [0.15, 0.2) is 18.2 Å². The van der Waals surface area contributed by atoms with E-state index in [-0.39, 0.29) is 12.1 Å². The van der Waals surface area contributed by atoms with Gasteiger partial charge in [-0.3, -0.25) is 0 Å². The summed E-state index contributed by atoms with van der Waals surface area (Å²) < 4.78 is 7.80. The second kappa shape index (κ2) is 5.83. The third-order valence-electron chi connectivity index (χ3n) is 3.32. The molecule has 0 spiro atoms. The number of nitrogens with two attached hydrogens (primary N) is 1. The maximum absolute atomic E-state index is 6.26. The number of aryl methyl sites for hydroxylation is 1. The molecule has 0 radical (unpaired) electrons. The molecule has 1 aromatic carbocycles. The molecule has 2 N–H and O–H groups in total. The summed E-state index contributed by atoms with van der Waals surface area (Å²) in [5.74, 6) is 2.36. The fourth-order valence-corrected chi connectivity index (χ4v) is 2.49. The minimum Gasteiger partial charge on any atom is -0.491 e. The summed E-state index contributed by atoms with van der Waals surface area (Å²) in [6, 6.07) is 6.00. The van der Waals surface area contributed by atoms with E-state index in [1.165, 1.54) is 0 Å². The molecule has 110 valence electrons. The number of aromatic nitrogens is 2. The van der Waals surface area contributed by atoms with Gasteiger partial charge in [-0.25, -0.2) is 4.98 Å². The monoisotopic (exact) mass is 275 g/mol. The zero-order valence-electron chi connectivity index (χ0n) is 13.1. The number of hydrogen-bond donors (Lipinski definition) is 1. The van der Waals surface area contributed by atoms with E-state index in [2.05, 4.69) is 18.4 Å². The molecule has 1 heterocycles. The maximum atomic E-state index is 6.26. The highest BCUT2D eigenvalue weighted by Crippen LogP contribution is 2.25. The summed E-state index contributed by atoms with van der Waals surface area (Å²) in [7, 11) is 2.02. The fourth-order valence-electron chi connectivity index (χ4n) is 2.49. The Hall–Kier alpha value is -1.55. The molecule has 0 aliphatic carbocycles. The van der Waals surface area contributed by atoms with Crippen molar-refractivity contribution in [3.63, 3.8) is 0 Å². The minimum absolute atomic E-state index is 0.0260. The Morgan fingerprint density at radius 2 is 1.95 bits per heavy atom. The summed E-state index contributed by atoms with van der Waals surface area (Å²) in [5.41, 5.74) is 8.30. The Bertz CT molecular complexity index is 587. The van der Waals surface area contributed by atoms with Crippen molar-refractivity contribution in [2.75, 3.05) is 0 Å². The molecule has 4 heteroatoms. The number of fused-ring (bicyclic) bond motifs is 1. The van der Waals surface area contributed by atoms with Gasteiger partial charge in [0.25, 0.3) is 0 Å². The van der Waals surface area contributed by atoms with E-state index in [1.807, 2.05) is 39.1 Å². The van der Waals surface area contributed by atoms with E-state index >= 15 is 0 Å². The molecule has 0 saturated carbocycles. The van der Waals surface area contributed by atoms with E-state index in [4.69, 9.17) is 15.5 Å². The van der Waals surface area contributed by atoms with Crippen LogP contribution in [0.5, 0.6) is 5.75 Å². The molecule has 0 aliphatic heterocycles. The van der Waals surface area contributed by atoms with Gasteiger partial charge in [-0.1, -0.05) is 13.8 Å². The Morgan fingerprint density at radius 3 is 2.55 bits per heavy atom. The van der Waals surface area contributed by atoms with E-state index in [0.717, 1.165) is 29.0 Å². The van der Waals surface area contributed by atoms with Gasteiger partial charge in [-0.2, -0.15) is 0 Å². The third-order valence-corrected chi connectivity index (χ3v) is 3.32. The maximum Gasteiger partial charge on any atom is 0.126 e. The van der Waals surface area contributed by atoms with Crippen LogP contribution in [0.2, 0.25) is 0 Å². The summed E-state index contributed by atoms with van der Waals surface area (Å²) in [6.45, 7) is 8.40. The largest absolute Gasteiger partial charge is 0.491 e. The first-order chi connectivity index (χ1) is 9.38. The molecule has 0 bridgehead atoms. The third kappa shape index (κ3) is 3.12. The zero-order chi connectivity index (χ0) is 14.9. The van der Waals surface area contributed by atoms with Crippen LogP contribution in [0.3, 0.4) is 0 Å². The van der Waals surface area contributed by atoms with Crippen molar-refractivity contribution in [1.82, 2.24) is 9.55 Å². The Labute approximate surface area is 120 Å². The number of rotatable bonds is 5. The lowest BCUT2D eigenvalue weighted by Gasteiger charge is -2.13. The SMILES string of the molecule is CC(C)CC(N)c1nc2cc(OC(C)C)ccc2n1C. The van der Waals surface area contributed by atoms with Crippen LogP contribution in [0, 0.1) is 5.92 Å². The number of imidazole rings is 1. The molecule has 2 rings (SSSR count). The molecule has 2 aromatic rings. The number of hydrogen-bond acceptors (Lipinski definition) is 3. The predicted molar refractivity (Wildman–Crippen MR) is 82.9 cm³/mol. The van der Waals surface area contributed by atoms with Gasteiger partial charge in [0.1, 0.15) is 11.6 Å². The van der Waals surface area contributed by atoms with Gasteiger partial charge in [-0.05, 0) is 38.3 Å². The van der Waals surface area contributed by atoms with Crippen molar-refractivity contribution in [1.29, 1.82) is 0 Å². The highest BCUT2D eigenvalue weighted by molar-refractivity contribution is 5.77. The molecule has 0 amide bonds. The highest BCUT2D eigenvalue weighted by Gasteiger charge is 2.16. The van der Waals surface area contributed by atoms with Gasteiger partial charge in [0.2, 0.25) is 0 Å². The molecule has 1 atom stereocenters. The van der Waals surface area contributed by atoms with Crippen molar-refractivity contribution in [3.05, 3.63) is 24.0 Å². The lowest BCUT2D eigenvalue weighted by molar-refractivity contribution is 0.242. The van der Waals surface area contributed by atoms with Gasteiger partial charge in [0.15, 0.2) is 0 Å². The molecular formula is C16H25N3O. The van der Waals surface area contributed by atoms with Crippen molar-refractivity contribution >= 4 is 11.0 Å². The molecule has 0 fully saturated rings. The zero-order valence-corrected chi connectivity index (χ0v) is 13.1. The van der Waals surface area contributed by atoms with Crippen molar-refractivity contribution in [2.24, 2.45) is 18.7 Å². The molecule has 20 heavy (non-hydrogen) atoms. The van der Waals surface area contributed by atoms with Gasteiger partial charge >= 0.3 is 0 Å². The molecule has 1 unspecified atom stereocenters. The smallest absolute Gasteiger partial charge is 0.126 e. The molecule has 4 nitrogen and oxygen atoms in total. The number of ether oxygens (including phenoxy) is 1. The van der Waals surface area contributed by atoms with E-state index in [1.54, 1.807) is 0 Å². The van der Waals surface area contributed by atoms with Crippen LogP contribution in [-0.2, 0) is 7.05 Å². The number of nitrogens with zero attached hydrogens (tertiary/aromatic N) is 2. The van der Waals surface area contributed by atoms with Crippen molar-refractivity contribution < 1.29 is 4.74 Å². The second-order valence-corrected chi connectivity index (χ2v) is 6.08. The second-order valence-electron chi connectivity index (χ2n) is 6.08. The lowest BCUT2D eigenvalue weighted by Crippen LogP contribution is -2.17. The quantitative estimate of drug-likeness (QED) is 0.909. The topological polar surface area (TPSA) is 53.1 Å². The van der Waals surface area contributed by atoms with Gasteiger partial charge in [-0.15, -0.1) is 0 Å². The van der Waals surface area contributed by atoms with Crippen molar-refractivity contribution in [3.8, 4) is 5.75 Å². The van der Waals surface area contributed by atoms with Crippen LogP contribution in [0.4, 0.5) is 0 Å². The highest BCUT2D eigenvalue weighted by atomic mass is 16.5. The normalized spacial score (nSPS) is 13.4. The summed E-state index contributed by atoms with van der Waals surface area (Å²) in [5, 5.41) is 0.